The zero-order valence-electron chi connectivity index (χ0n) is 13.6. The molecule has 2 N–H and O–H groups in total. The standard InChI is InChI=1S/C17H22N2O4/c1-4-12(3)16(20)18-14-7-13(17(21)22)8-15(9-14)19-6-5-11(2)10-23-19/h5,7-9,12H,4,6,10H2,1-3H3,(H,18,20)(H,21,22). The van der Waals surface area contributed by atoms with Crippen LogP contribution in [0.4, 0.5) is 11.4 Å². The molecule has 23 heavy (non-hydrogen) atoms. The molecule has 1 amide bonds. The van der Waals surface area contributed by atoms with Crippen LogP contribution in [-0.4, -0.2) is 30.1 Å². The summed E-state index contributed by atoms with van der Waals surface area (Å²) in [6.07, 6.45) is 2.74. The van der Waals surface area contributed by atoms with E-state index in [2.05, 4.69) is 5.32 Å². The summed E-state index contributed by atoms with van der Waals surface area (Å²) in [6, 6.07) is 4.72. The number of hydrogen-bond acceptors (Lipinski definition) is 4. The Hall–Kier alpha value is -2.34. The van der Waals surface area contributed by atoms with Crippen LogP contribution in [0.5, 0.6) is 0 Å². The van der Waals surface area contributed by atoms with Gasteiger partial charge in [-0.2, -0.15) is 0 Å². The van der Waals surface area contributed by atoms with Crippen LogP contribution in [0, 0.1) is 5.92 Å². The van der Waals surface area contributed by atoms with Crippen LogP contribution in [0.1, 0.15) is 37.6 Å². The van der Waals surface area contributed by atoms with Gasteiger partial charge < -0.3 is 10.4 Å². The van der Waals surface area contributed by atoms with Gasteiger partial charge in [-0.05, 0) is 37.1 Å². The number of amides is 1. The summed E-state index contributed by atoms with van der Waals surface area (Å²) in [7, 11) is 0. The molecular formula is C17H22N2O4. The fourth-order valence-corrected chi connectivity index (χ4v) is 2.11. The number of hydrogen-bond donors (Lipinski definition) is 2. The number of aromatic carboxylic acids is 1. The summed E-state index contributed by atoms with van der Waals surface area (Å²) in [5, 5.41) is 13.7. The van der Waals surface area contributed by atoms with E-state index in [4.69, 9.17) is 4.84 Å². The minimum atomic E-state index is -1.05. The summed E-state index contributed by atoms with van der Waals surface area (Å²) in [5.74, 6) is -1.31. The number of hydroxylamine groups is 1. The van der Waals surface area contributed by atoms with Crippen LogP contribution in [0.2, 0.25) is 0 Å². The Kier molecular flexibility index (Phi) is 5.39. The lowest BCUT2D eigenvalue weighted by Crippen LogP contribution is -2.29. The number of carbonyl (C=O) groups excluding carboxylic acids is 1. The molecule has 6 nitrogen and oxygen atoms in total. The van der Waals surface area contributed by atoms with Gasteiger partial charge in [0.05, 0.1) is 24.4 Å². The summed E-state index contributed by atoms with van der Waals surface area (Å²) in [5.41, 5.74) is 2.30. The normalized spacial score (nSPS) is 15.8. The van der Waals surface area contributed by atoms with Gasteiger partial charge in [-0.3, -0.25) is 9.63 Å². The van der Waals surface area contributed by atoms with Crippen LogP contribution in [0.25, 0.3) is 0 Å². The molecule has 1 aliphatic rings. The Balaban J connectivity index is 2.28. The molecular weight excluding hydrogens is 296 g/mol. The van der Waals surface area contributed by atoms with Crippen molar-refractivity contribution in [3.05, 3.63) is 35.4 Å². The molecule has 1 unspecified atom stereocenters. The monoisotopic (exact) mass is 318 g/mol. The smallest absolute Gasteiger partial charge is 0.335 e. The molecule has 0 aliphatic carbocycles. The number of nitrogens with one attached hydrogen (secondary N) is 1. The van der Waals surface area contributed by atoms with Crippen molar-refractivity contribution in [2.45, 2.75) is 27.2 Å². The molecule has 1 atom stereocenters. The molecule has 0 bridgehead atoms. The van der Waals surface area contributed by atoms with E-state index in [-0.39, 0.29) is 17.4 Å². The maximum Gasteiger partial charge on any atom is 0.335 e. The Morgan fingerprint density at radius 1 is 1.39 bits per heavy atom. The Morgan fingerprint density at radius 2 is 2.13 bits per heavy atom. The lowest BCUT2D eigenvalue weighted by Gasteiger charge is -2.27. The van der Waals surface area contributed by atoms with Crippen molar-refractivity contribution in [1.82, 2.24) is 0 Å². The maximum absolute atomic E-state index is 12.0. The van der Waals surface area contributed by atoms with Crippen molar-refractivity contribution < 1.29 is 19.5 Å². The van der Waals surface area contributed by atoms with E-state index in [0.717, 1.165) is 12.0 Å². The van der Waals surface area contributed by atoms with E-state index in [1.807, 2.05) is 26.8 Å². The molecule has 124 valence electrons. The molecule has 0 aromatic heterocycles. The first-order valence-corrected chi connectivity index (χ1v) is 7.66. The Labute approximate surface area is 135 Å². The van der Waals surface area contributed by atoms with Crippen molar-refractivity contribution in [1.29, 1.82) is 0 Å². The lowest BCUT2D eigenvalue weighted by molar-refractivity contribution is -0.119. The molecule has 0 radical (unpaired) electrons. The molecule has 0 spiro atoms. The van der Waals surface area contributed by atoms with Crippen LogP contribution in [0.3, 0.4) is 0 Å². The number of anilines is 2. The molecule has 6 heteroatoms. The molecule has 2 rings (SSSR count). The van der Waals surface area contributed by atoms with Gasteiger partial charge in [0, 0.05) is 11.6 Å². The Bertz CT molecular complexity index is 639. The Morgan fingerprint density at radius 3 is 2.70 bits per heavy atom. The number of carbonyl (C=O) groups is 2. The largest absolute Gasteiger partial charge is 0.478 e. The third-order valence-corrected chi connectivity index (χ3v) is 3.83. The molecule has 0 saturated heterocycles. The van der Waals surface area contributed by atoms with E-state index in [9.17, 15) is 14.7 Å². The molecule has 1 aromatic carbocycles. The quantitative estimate of drug-likeness (QED) is 0.816. The van der Waals surface area contributed by atoms with Gasteiger partial charge in [0.2, 0.25) is 5.91 Å². The van der Waals surface area contributed by atoms with Crippen molar-refractivity contribution in [3.63, 3.8) is 0 Å². The second-order valence-corrected chi connectivity index (χ2v) is 5.76. The minimum absolute atomic E-state index is 0.108. The number of carboxylic acids is 1. The fraction of sp³-hybridized carbons (Fsp3) is 0.412. The minimum Gasteiger partial charge on any atom is -0.478 e. The van der Waals surface area contributed by atoms with Crippen LogP contribution < -0.4 is 10.4 Å². The first kappa shape index (κ1) is 17.0. The molecule has 1 aromatic rings. The van der Waals surface area contributed by atoms with Gasteiger partial charge >= 0.3 is 5.97 Å². The van der Waals surface area contributed by atoms with Gasteiger partial charge in [-0.1, -0.05) is 19.9 Å². The van der Waals surface area contributed by atoms with E-state index in [0.29, 0.717) is 24.5 Å². The van der Waals surface area contributed by atoms with E-state index in [1.165, 1.54) is 12.1 Å². The van der Waals surface area contributed by atoms with Gasteiger partial charge in [-0.15, -0.1) is 0 Å². The molecule has 0 fully saturated rings. The van der Waals surface area contributed by atoms with E-state index < -0.39 is 5.97 Å². The highest BCUT2D eigenvalue weighted by Crippen LogP contribution is 2.25. The highest BCUT2D eigenvalue weighted by Gasteiger charge is 2.17. The van der Waals surface area contributed by atoms with Crippen molar-refractivity contribution >= 4 is 23.3 Å². The maximum atomic E-state index is 12.0. The number of benzene rings is 1. The average Bonchev–Trinajstić information content (AvgIpc) is 2.54. The van der Waals surface area contributed by atoms with Crippen LogP contribution >= 0.6 is 0 Å². The third kappa shape index (κ3) is 4.32. The fourth-order valence-electron chi connectivity index (χ4n) is 2.11. The SMILES string of the molecule is CCC(C)C(=O)Nc1cc(C(=O)O)cc(N2CC=C(C)CO2)c1. The van der Waals surface area contributed by atoms with E-state index >= 15 is 0 Å². The predicted molar refractivity (Wildman–Crippen MR) is 88.5 cm³/mol. The second-order valence-electron chi connectivity index (χ2n) is 5.76. The van der Waals surface area contributed by atoms with Crippen LogP contribution in [-0.2, 0) is 9.63 Å². The zero-order valence-corrected chi connectivity index (χ0v) is 13.6. The number of nitrogens with zero attached hydrogens (tertiary/aromatic N) is 1. The topological polar surface area (TPSA) is 78.9 Å². The van der Waals surface area contributed by atoms with Crippen molar-refractivity contribution in [2.24, 2.45) is 5.92 Å². The van der Waals surface area contributed by atoms with Gasteiger partial charge in [0.1, 0.15) is 0 Å². The molecule has 1 aliphatic heterocycles. The first-order valence-electron chi connectivity index (χ1n) is 7.66. The summed E-state index contributed by atoms with van der Waals surface area (Å²) < 4.78 is 0. The first-order chi connectivity index (χ1) is 10.9. The lowest BCUT2D eigenvalue weighted by atomic mass is 10.1. The third-order valence-electron chi connectivity index (χ3n) is 3.83. The second kappa shape index (κ2) is 7.28. The van der Waals surface area contributed by atoms with Crippen LogP contribution in [0.15, 0.2) is 29.8 Å². The van der Waals surface area contributed by atoms with Crippen molar-refractivity contribution in [2.75, 3.05) is 23.5 Å². The van der Waals surface area contributed by atoms with Gasteiger partial charge in [0.15, 0.2) is 0 Å². The summed E-state index contributed by atoms with van der Waals surface area (Å²) >= 11 is 0. The summed E-state index contributed by atoms with van der Waals surface area (Å²) in [4.78, 5) is 29.0. The predicted octanol–water partition coefficient (Wildman–Crippen LogP) is 3.07. The molecule has 1 heterocycles. The molecule has 0 saturated carbocycles. The number of carboxylic acid groups (broad SMARTS) is 1. The zero-order chi connectivity index (χ0) is 17.0. The summed E-state index contributed by atoms with van der Waals surface area (Å²) in [6.45, 7) is 6.74. The van der Waals surface area contributed by atoms with E-state index in [1.54, 1.807) is 11.1 Å². The highest BCUT2D eigenvalue weighted by atomic mass is 16.7. The van der Waals surface area contributed by atoms with Crippen molar-refractivity contribution in [3.8, 4) is 0 Å². The highest BCUT2D eigenvalue weighted by molar-refractivity contribution is 5.96. The van der Waals surface area contributed by atoms with Gasteiger partial charge in [0.25, 0.3) is 0 Å². The number of rotatable bonds is 5. The average molecular weight is 318 g/mol. The van der Waals surface area contributed by atoms with Gasteiger partial charge in [-0.25, -0.2) is 9.86 Å².